The molecule has 0 aliphatic rings. The van der Waals surface area contributed by atoms with Gasteiger partial charge in [-0.2, -0.15) is 0 Å². The van der Waals surface area contributed by atoms with Crippen LogP contribution < -0.4 is 4.74 Å². The lowest BCUT2D eigenvalue weighted by Gasteiger charge is -2.00. The van der Waals surface area contributed by atoms with E-state index >= 15 is 0 Å². The van der Waals surface area contributed by atoms with Crippen molar-refractivity contribution in [2.75, 3.05) is 7.11 Å². The van der Waals surface area contributed by atoms with Crippen LogP contribution in [0.5, 0.6) is 5.75 Å². The van der Waals surface area contributed by atoms with E-state index in [1.165, 1.54) is 6.33 Å². The fraction of sp³-hybridized carbons (Fsp3) is 0.0588. The Labute approximate surface area is 126 Å². The maximum absolute atomic E-state index is 5.86. The second-order valence-electron chi connectivity index (χ2n) is 4.85. The molecule has 0 fully saturated rings. The topological polar surface area (TPSA) is 53.1 Å². The van der Waals surface area contributed by atoms with Crippen LogP contribution in [0, 0.1) is 0 Å². The van der Waals surface area contributed by atoms with Gasteiger partial charge in [0, 0.05) is 18.0 Å². The van der Waals surface area contributed by atoms with E-state index in [0.717, 1.165) is 28.3 Å². The number of fused-ring (bicyclic) bond motifs is 1. The molecule has 0 bridgehead atoms. The lowest BCUT2D eigenvalue weighted by molar-refractivity contribution is 0.415. The Morgan fingerprint density at radius 3 is 2.55 bits per heavy atom. The minimum Gasteiger partial charge on any atom is -0.497 e. The van der Waals surface area contributed by atoms with Crippen molar-refractivity contribution in [3.05, 3.63) is 61.2 Å². The van der Waals surface area contributed by atoms with Crippen molar-refractivity contribution in [2.24, 2.45) is 0 Å². The average Bonchev–Trinajstić information content (AvgIpc) is 3.24. The van der Waals surface area contributed by atoms with Crippen molar-refractivity contribution in [2.45, 2.75) is 0 Å². The number of ether oxygens (including phenoxy) is 1. The lowest BCUT2D eigenvalue weighted by atomic mass is 10.1. The number of furan rings is 1. The predicted octanol–water partition coefficient (Wildman–Crippen LogP) is 3.69. The molecule has 0 aliphatic carbocycles. The molecule has 0 saturated carbocycles. The first-order chi connectivity index (χ1) is 10.8. The summed E-state index contributed by atoms with van der Waals surface area (Å²) in [6.45, 7) is 0. The first-order valence-electron chi connectivity index (χ1n) is 6.87. The van der Waals surface area contributed by atoms with Gasteiger partial charge in [0.05, 0.1) is 12.5 Å². The predicted molar refractivity (Wildman–Crippen MR) is 83.1 cm³/mol. The standard InChI is InChI=1S/C17H13N3O2/c1-21-13-6-4-12(5-7-13)15-10-14-16(20-8-2-3-9-20)18-11-19-17(14)22-15/h2-11H,1H3. The Morgan fingerprint density at radius 1 is 1.05 bits per heavy atom. The van der Waals surface area contributed by atoms with Crippen molar-refractivity contribution in [1.29, 1.82) is 0 Å². The van der Waals surface area contributed by atoms with E-state index in [-0.39, 0.29) is 0 Å². The molecule has 0 aliphatic heterocycles. The van der Waals surface area contributed by atoms with E-state index in [1.807, 2.05) is 59.4 Å². The molecule has 0 N–H and O–H groups in total. The molecule has 0 amide bonds. The fourth-order valence-electron chi connectivity index (χ4n) is 2.42. The summed E-state index contributed by atoms with van der Waals surface area (Å²) >= 11 is 0. The highest BCUT2D eigenvalue weighted by Crippen LogP contribution is 2.30. The highest BCUT2D eigenvalue weighted by Gasteiger charge is 2.12. The van der Waals surface area contributed by atoms with Crippen LogP contribution in [-0.2, 0) is 0 Å². The van der Waals surface area contributed by atoms with E-state index in [4.69, 9.17) is 9.15 Å². The average molecular weight is 291 g/mol. The van der Waals surface area contributed by atoms with Gasteiger partial charge in [0.1, 0.15) is 17.8 Å². The first kappa shape index (κ1) is 12.6. The largest absolute Gasteiger partial charge is 0.497 e. The van der Waals surface area contributed by atoms with Gasteiger partial charge < -0.3 is 13.7 Å². The monoisotopic (exact) mass is 291 g/mol. The molecule has 0 saturated heterocycles. The number of hydrogen-bond donors (Lipinski definition) is 0. The second-order valence-corrected chi connectivity index (χ2v) is 4.85. The summed E-state index contributed by atoms with van der Waals surface area (Å²) in [6, 6.07) is 13.6. The number of aromatic nitrogens is 3. The number of benzene rings is 1. The van der Waals surface area contributed by atoms with E-state index < -0.39 is 0 Å². The Kier molecular flexibility index (Phi) is 2.89. The van der Waals surface area contributed by atoms with Gasteiger partial charge in [-0.15, -0.1) is 0 Å². The molecular formula is C17H13N3O2. The molecule has 0 unspecified atom stereocenters. The number of hydrogen-bond acceptors (Lipinski definition) is 4. The third-order valence-electron chi connectivity index (χ3n) is 3.53. The summed E-state index contributed by atoms with van der Waals surface area (Å²) < 4.78 is 13.0. The summed E-state index contributed by atoms with van der Waals surface area (Å²) in [6.07, 6.45) is 5.41. The van der Waals surface area contributed by atoms with E-state index in [2.05, 4.69) is 9.97 Å². The minimum atomic E-state index is 0.574. The Morgan fingerprint density at radius 2 is 1.82 bits per heavy atom. The molecule has 5 heteroatoms. The van der Waals surface area contributed by atoms with Crippen LogP contribution >= 0.6 is 0 Å². The summed E-state index contributed by atoms with van der Waals surface area (Å²) in [5, 5.41) is 0.879. The summed E-state index contributed by atoms with van der Waals surface area (Å²) in [5.74, 6) is 2.37. The summed E-state index contributed by atoms with van der Waals surface area (Å²) in [7, 11) is 1.65. The van der Waals surface area contributed by atoms with Gasteiger partial charge in [-0.25, -0.2) is 9.97 Å². The Bertz CT molecular complexity index is 909. The number of nitrogens with zero attached hydrogens (tertiary/aromatic N) is 3. The molecule has 108 valence electrons. The zero-order chi connectivity index (χ0) is 14.9. The van der Waals surface area contributed by atoms with Crippen molar-refractivity contribution in [3.63, 3.8) is 0 Å². The molecule has 0 spiro atoms. The molecule has 1 aromatic carbocycles. The molecule has 0 radical (unpaired) electrons. The third kappa shape index (κ3) is 2.03. The van der Waals surface area contributed by atoms with Gasteiger partial charge in [0.2, 0.25) is 5.71 Å². The molecular weight excluding hydrogens is 278 g/mol. The van der Waals surface area contributed by atoms with Crippen LogP contribution in [0.25, 0.3) is 28.2 Å². The second kappa shape index (κ2) is 5.04. The van der Waals surface area contributed by atoms with E-state index in [0.29, 0.717) is 5.71 Å². The SMILES string of the molecule is COc1ccc(-c2cc3c(-n4cccc4)ncnc3o2)cc1. The lowest BCUT2D eigenvalue weighted by Crippen LogP contribution is -1.94. The highest BCUT2D eigenvalue weighted by atomic mass is 16.5. The smallest absolute Gasteiger partial charge is 0.231 e. The van der Waals surface area contributed by atoms with E-state index in [9.17, 15) is 0 Å². The molecule has 3 aromatic heterocycles. The molecule has 5 nitrogen and oxygen atoms in total. The van der Waals surface area contributed by atoms with Gasteiger partial charge in [0.15, 0.2) is 5.82 Å². The highest BCUT2D eigenvalue weighted by molar-refractivity contribution is 5.85. The van der Waals surface area contributed by atoms with Gasteiger partial charge >= 0.3 is 0 Å². The zero-order valence-electron chi connectivity index (χ0n) is 11.9. The Balaban J connectivity index is 1.85. The quantitative estimate of drug-likeness (QED) is 0.577. The third-order valence-corrected chi connectivity index (χ3v) is 3.53. The van der Waals surface area contributed by atoms with Gasteiger partial charge in [-0.1, -0.05) is 0 Å². The molecule has 4 aromatic rings. The molecule has 3 heterocycles. The van der Waals surface area contributed by atoms with Crippen LogP contribution in [0.4, 0.5) is 0 Å². The van der Waals surface area contributed by atoms with Crippen LogP contribution in [0.15, 0.2) is 65.6 Å². The van der Waals surface area contributed by atoms with Crippen LogP contribution in [0.2, 0.25) is 0 Å². The normalized spacial score (nSPS) is 11.0. The molecule has 4 rings (SSSR count). The van der Waals surface area contributed by atoms with Crippen LogP contribution in [0.1, 0.15) is 0 Å². The first-order valence-corrected chi connectivity index (χ1v) is 6.87. The number of methoxy groups -OCH3 is 1. The van der Waals surface area contributed by atoms with Crippen molar-refractivity contribution in [1.82, 2.24) is 14.5 Å². The Hall–Kier alpha value is -3.08. The zero-order valence-corrected chi connectivity index (χ0v) is 11.9. The maximum Gasteiger partial charge on any atom is 0.231 e. The summed E-state index contributed by atoms with van der Waals surface area (Å²) in [5.41, 5.74) is 1.54. The van der Waals surface area contributed by atoms with Crippen LogP contribution in [-0.4, -0.2) is 21.6 Å². The van der Waals surface area contributed by atoms with Crippen molar-refractivity contribution < 1.29 is 9.15 Å². The molecule has 22 heavy (non-hydrogen) atoms. The van der Waals surface area contributed by atoms with Gasteiger partial charge in [0.25, 0.3) is 0 Å². The fourth-order valence-corrected chi connectivity index (χ4v) is 2.42. The van der Waals surface area contributed by atoms with Gasteiger partial charge in [-0.05, 0) is 42.5 Å². The van der Waals surface area contributed by atoms with Crippen molar-refractivity contribution in [3.8, 4) is 22.9 Å². The maximum atomic E-state index is 5.86. The minimum absolute atomic E-state index is 0.574. The van der Waals surface area contributed by atoms with E-state index in [1.54, 1.807) is 7.11 Å². The molecule has 0 atom stereocenters. The summed E-state index contributed by atoms with van der Waals surface area (Å²) in [4.78, 5) is 8.57. The van der Waals surface area contributed by atoms with Gasteiger partial charge in [-0.3, -0.25) is 0 Å². The number of rotatable bonds is 3. The van der Waals surface area contributed by atoms with Crippen molar-refractivity contribution >= 4 is 11.1 Å². The van der Waals surface area contributed by atoms with Crippen LogP contribution in [0.3, 0.4) is 0 Å².